The highest BCUT2D eigenvalue weighted by molar-refractivity contribution is 7.89. The molecule has 178 valence electrons. The monoisotopic (exact) mass is 490 g/mol. The third-order valence-corrected chi connectivity index (χ3v) is 7.92. The SMILES string of the molecule is O=C(Nc1ccc2ncccc2c1)c1cccc(S(=O)(=O)N2CCN(c3ccc(F)cc3)CC2)c1. The van der Waals surface area contributed by atoms with E-state index < -0.39 is 15.9 Å². The van der Waals surface area contributed by atoms with E-state index in [1.165, 1.54) is 28.6 Å². The number of nitrogens with zero attached hydrogens (tertiary/aromatic N) is 3. The average molecular weight is 491 g/mol. The summed E-state index contributed by atoms with van der Waals surface area (Å²) in [5.41, 5.74) is 2.52. The maximum atomic E-state index is 13.3. The second-order valence-corrected chi connectivity index (χ2v) is 10.2. The molecule has 2 heterocycles. The summed E-state index contributed by atoms with van der Waals surface area (Å²) in [6, 6.07) is 21.3. The minimum atomic E-state index is -3.77. The van der Waals surface area contributed by atoms with Gasteiger partial charge in [0.15, 0.2) is 0 Å². The molecule has 1 saturated heterocycles. The zero-order valence-corrected chi connectivity index (χ0v) is 19.6. The van der Waals surface area contributed by atoms with Crippen molar-refractivity contribution in [2.75, 3.05) is 36.4 Å². The Morgan fingerprint density at radius 2 is 1.66 bits per heavy atom. The first-order valence-corrected chi connectivity index (χ1v) is 12.6. The summed E-state index contributed by atoms with van der Waals surface area (Å²) >= 11 is 0. The standard InChI is InChI=1S/C26H23FN4O3S/c27-21-6-9-23(10-7-21)30-13-15-31(16-14-30)35(33,34)24-5-1-3-20(18-24)26(32)29-22-8-11-25-19(17-22)4-2-12-28-25/h1-12,17-18H,13-16H2,(H,29,32). The number of piperazine rings is 1. The number of halogens is 1. The third kappa shape index (κ3) is 4.87. The summed E-state index contributed by atoms with van der Waals surface area (Å²) in [5.74, 6) is -0.706. The molecule has 9 heteroatoms. The quantitative estimate of drug-likeness (QED) is 0.455. The molecule has 7 nitrogen and oxygen atoms in total. The highest BCUT2D eigenvalue weighted by atomic mass is 32.2. The van der Waals surface area contributed by atoms with Gasteiger partial charge in [0.25, 0.3) is 5.91 Å². The number of anilines is 2. The normalized spacial score (nSPS) is 14.7. The Balaban J connectivity index is 1.29. The van der Waals surface area contributed by atoms with Crippen LogP contribution in [0.25, 0.3) is 10.9 Å². The lowest BCUT2D eigenvalue weighted by atomic mass is 10.1. The van der Waals surface area contributed by atoms with Crippen LogP contribution in [0.15, 0.2) is 90.0 Å². The Morgan fingerprint density at radius 1 is 0.886 bits per heavy atom. The number of hydrogen-bond donors (Lipinski definition) is 1. The summed E-state index contributed by atoms with van der Waals surface area (Å²) in [6.07, 6.45) is 1.70. The Kier molecular flexibility index (Phi) is 6.19. The van der Waals surface area contributed by atoms with E-state index in [1.54, 1.807) is 36.5 Å². The van der Waals surface area contributed by atoms with Gasteiger partial charge in [-0.1, -0.05) is 12.1 Å². The fourth-order valence-electron chi connectivity index (χ4n) is 4.14. The number of amides is 1. The molecule has 0 spiro atoms. The molecule has 35 heavy (non-hydrogen) atoms. The number of hydrogen-bond acceptors (Lipinski definition) is 5. The molecule has 1 fully saturated rings. The van der Waals surface area contributed by atoms with Crippen molar-refractivity contribution in [3.8, 4) is 0 Å². The minimum absolute atomic E-state index is 0.0723. The number of benzene rings is 3. The average Bonchev–Trinajstić information content (AvgIpc) is 2.89. The van der Waals surface area contributed by atoms with Crippen LogP contribution in [0.3, 0.4) is 0 Å². The van der Waals surface area contributed by atoms with Crippen LogP contribution in [0.5, 0.6) is 0 Å². The van der Waals surface area contributed by atoms with Crippen molar-refractivity contribution in [1.29, 1.82) is 0 Å². The van der Waals surface area contributed by atoms with E-state index in [0.29, 0.717) is 31.9 Å². The van der Waals surface area contributed by atoms with Gasteiger partial charge in [-0.2, -0.15) is 4.31 Å². The highest BCUT2D eigenvalue weighted by Gasteiger charge is 2.29. The summed E-state index contributed by atoms with van der Waals surface area (Å²) in [5, 5.41) is 3.72. The van der Waals surface area contributed by atoms with Crippen LogP contribution >= 0.6 is 0 Å². The number of nitrogens with one attached hydrogen (secondary N) is 1. The van der Waals surface area contributed by atoms with Crippen molar-refractivity contribution < 1.29 is 17.6 Å². The van der Waals surface area contributed by atoms with Gasteiger partial charge in [-0.15, -0.1) is 0 Å². The third-order valence-electron chi connectivity index (χ3n) is 6.03. The van der Waals surface area contributed by atoms with Crippen LogP contribution in [0, 0.1) is 5.82 Å². The highest BCUT2D eigenvalue weighted by Crippen LogP contribution is 2.23. The molecule has 0 bridgehead atoms. The molecule has 0 unspecified atom stereocenters. The fraction of sp³-hybridized carbons (Fsp3) is 0.154. The van der Waals surface area contributed by atoms with Crippen molar-refractivity contribution in [3.05, 3.63) is 96.4 Å². The maximum absolute atomic E-state index is 13.3. The van der Waals surface area contributed by atoms with E-state index >= 15 is 0 Å². The van der Waals surface area contributed by atoms with E-state index in [0.717, 1.165) is 16.6 Å². The molecule has 1 aliphatic heterocycles. The molecular formula is C26H23FN4O3S. The Bertz CT molecular complexity index is 1480. The molecular weight excluding hydrogens is 467 g/mol. The second kappa shape index (κ2) is 9.44. The number of rotatable bonds is 5. The zero-order valence-electron chi connectivity index (χ0n) is 18.8. The second-order valence-electron chi connectivity index (χ2n) is 8.26. The first-order chi connectivity index (χ1) is 16.9. The Morgan fingerprint density at radius 3 is 2.43 bits per heavy atom. The molecule has 4 aromatic rings. The van der Waals surface area contributed by atoms with E-state index in [-0.39, 0.29) is 16.3 Å². The molecule has 1 amide bonds. The van der Waals surface area contributed by atoms with Crippen LogP contribution < -0.4 is 10.2 Å². The largest absolute Gasteiger partial charge is 0.369 e. The van der Waals surface area contributed by atoms with Crippen molar-refractivity contribution in [1.82, 2.24) is 9.29 Å². The van der Waals surface area contributed by atoms with E-state index in [4.69, 9.17) is 0 Å². The predicted molar refractivity (Wildman–Crippen MR) is 134 cm³/mol. The molecule has 0 aliphatic carbocycles. The molecule has 0 saturated carbocycles. The number of carbonyl (C=O) groups is 1. The minimum Gasteiger partial charge on any atom is -0.369 e. The summed E-state index contributed by atoms with van der Waals surface area (Å²) < 4.78 is 41.2. The van der Waals surface area contributed by atoms with Gasteiger partial charge < -0.3 is 10.2 Å². The number of carbonyl (C=O) groups excluding carboxylic acids is 1. The number of aromatic nitrogens is 1. The number of sulfonamides is 1. The van der Waals surface area contributed by atoms with Crippen molar-refractivity contribution in [3.63, 3.8) is 0 Å². The molecule has 1 N–H and O–H groups in total. The van der Waals surface area contributed by atoms with E-state index in [1.807, 2.05) is 29.2 Å². The van der Waals surface area contributed by atoms with Crippen LogP contribution in [0.2, 0.25) is 0 Å². The molecule has 1 aromatic heterocycles. The van der Waals surface area contributed by atoms with Gasteiger partial charge in [0.05, 0.1) is 10.4 Å². The van der Waals surface area contributed by atoms with Crippen molar-refractivity contribution in [2.24, 2.45) is 0 Å². The first kappa shape index (κ1) is 22.9. The topological polar surface area (TPSA) is 82.6 Å². The van der Waals surface area contributed by atoms with E-state index in [9.17, 15) is 17.6 Å². The molecule has 0 atom stereocenters. The van der Waals surface area contributed by atoms with Gasteiger partial charge in [0.2, 0.25) is 10.0 Å². The lowest BCUT2D eigenvalue weighted by Gasteiger charge is -2.35. The van der Waals surface area contributed by atoms with Crippen LogP contribution in [-0.2, 0) is 10.0 Å². The van der Waals surface area contributed by atoms with Gasteiger partial charge in [-0.05, 0) is 66.7 Å². The van der Waals surface area contributed by atoms with Crippen LogP contribution in [0.4, 0.5) is 15.8 Å². The number of pyridine rings is 1. The molecule has 3 aromatic carbocycles. The molecule has 0 radical (unpaired) electrons. The van der Waals surface area contributed by atoms with Gasteiger partial charge in [0, 0.05) is 54.7 Å². The van der Waals surface area contributed by atoms with Crippen molar-refractivity contribution in [2.45, 2.75) is 4.90 Å². The smallest absolute Gasteiger partial charge is 0.255 e. The fourth-order valence-corrected chi connectivity index (χ4v) is 5.61. The lowest BCUT2D eigenvalue weighted by Crippen LogP contribution is -2.48. The Hall–Kier alpha value is -3.82. The maximum Gasteiger partial charge on any atom is 0.255 e. The Labute approximate surface area is 202 Å². The predicted octanol–water partition coefficient (Wildman–Crippen LogP) is 4.14. The van der Waals surface area contributed by atoms with Gasteiger partial charge in [0.1, 0.15) is 5.82 Å². The van der Waals surface area contributed by atoms with Gasteiger partial charge in [-0.3, -0.25) is 9.78 Å². The zero-order chi connectivity index (χ0) is 24.4. The summed E-state index contributed by atoms with van der Waals surface area (Å²) in [4.78, 5) is 19.2. The van der Waals surface area contributed by atoms with E-state index in [2.05, 4.69) is 10.3 Å². The lowest BCUT2D eigenvalue weighted by molar-refractivity contribution is 0.102. The summed E-state index contributed by atoms with van der Waals surface area (Å²) in [7, 11) is -3.77. The van der Waals surface area contributed by atoms with Gasteiger partial charge >= 0.3 is 0 Å². The molecule has 5 rings (SSSR count). The van der Waals surface area contributed by atoms with Gasteiger partial charge in [-0.25, -0.2) is 12.8 Å². The molecule has 1 aliphatic rings. The first-order valence-electron chi connectivity index (χ1n) is 11.2. The summed E-state index contributed by atoms with van der Waals surface area (Å²) in [6.45, 7) is 1.56. The van der Waals surface area contributed by atoms with Crippen LogP contribution in [-0.4, -0.2) is 49.8 Å². The van der Waals surface area contributed by atoms with Crippen molar-refractivity contribution >= 4 is 38.2 Å². The van der Waals surface area contributed by atoms with Crippen LogP contribution in [0.1, 0.15) is 10.4 Å². The number of fused-ring (bicyclic) bond motifs is 1.